The smallest absolute Gasteiger partial charge is 0.326 e. The molecule has 1 rings (SSSR count). The first-order valence-electron chi connectivity index (χ1n) is 5.79. The van der Waals surface area contributed by atoms with Crippen molar-refractivity contribution in [3.8, 4) is 11.5 Å². The number of hydrogen-bond donors (Lipinski definition) is 2. The zero-order chi connectivity index (χ0) is 14.6. The third-order valence-corrected chi connectivity index (χ3v) is 2.89. The summed E-state index contributed by atoms with van der Waals surface area (Å²) in [6.45, 7) is 1.67. The number of phenols is 1. The summed E-state index contributed by atoms with van der Waals surface area (Å²) in [6.07, 6.45) is 0.280. The average Bonchev–Trinajstić information content (AvgIpc) is 2.38. The maximum Gasteiger partial charge on any atom is 0.326 e. The van der Waals surface area contributed by atoms with E-state index in [4.69, 9.17) is 9.84 Å². The lowest BCUT2D eigenvalue weighted by Crippen LogP contribution is -2.42. The Bertz CT molecular complexity index is 486. The van der Waals surface area contributed by atoms with Crippen molar-refractivity contribution in [3.05, 3.63) is 23.8 Å². The molecule has 1 unspecified atom stereocenters. The number of hydrogen-bond acceptors (Lipinski definition) is 4. The van der Waals surface area contributed by atoms with E-state index in [0.29, 0.717) is 5.75 Å². The summed E-state index contributed by atoms with van der Waals surface area (Å²) in [4.78, 5) is 24.3. The van der Waals surface area contributed by atoms with E-state index in [9.17, 15) is 14.7 Å². The second-order valence-electron chi connectivity index (χ2n) is 4.06. The third kappa shape index (κ3) is 3.15. The Balaban J connectivity index is 3.08. The summed E-state index contributed by atoms with van der Waals surface area (Å²) >= 11 is 0. The number of likely N-dealkylation sites (N-methyl/N-ethyl adjacent to an activating group) is 1. The van der Waals surface area contributed by atoms with Gasteiger partial charge in [-0.15, -0.1) is 0 Å². The molecular weight excluding hydrogens is 250 g/mol. The Morgan fingerprint density at radius 2 is 2.05 bits per heavy atom. The van der Waals surface area contributed by atoms with E-state index in [0.717, 1.165) is 4.90 Å². The van der Waals surface area contributed by atoms with Gasteiger partial charge in [0.2, 0.25) is 0 Å². The molecule has 0 bridgehead atoms. The molecule has 19 heavy (non-hydrogen) atoms. The highest BCUT2D eigenvalue weighted by atomic mass is 16.5. The number of phenolic OH excluding ortho intramolecular Hbond substituents is 1. The predicted molar refractivity (Wildman–Crippen MR) is 68.5 cm³/mol. The highest BCUT2D eigenvalue weighted by Gasteiger charge is 2.27. The number of amides is 1. The van der Waals surface area contributed by atoms with Crippen LogP contribution in [0.3, 0.4) is 0 Å². The number of nitrogens with zero attached hydrogens (tertiary/aromatic N) is 1. The Morgan fingerprint density at radius 1 is 1.42 bits per heavy atom. The fourth-order valence-electron chi connectivity index (χ4n) is 1.76. The Kier molecular flexibility index (Phi) is 4.74. The number of carboxylic acid groups (broad SMARTS) is 1. The Hall–Kier alpha value is -2.24. The van der Waals surface area contributed by atoms with Gasteiger partial charge in [-0.3, -0.25) is 4.79 Å². The van der Waals surface area contributed by atoms with Gasteiger partial charge >= 0.3 is 5.97 Å². The average molecular weight is 267 g/mol. The highest BCUT2D eigenvalue weighted by Crippen LogP contribution is 2.24. The number of benzene rings is 1. The molecule has 0 saturated heterocycles. The van der Waals surface area contributed by atoms with E-state index in [1.807, 2.05) is 0 Å². The van der Waals surface area contributed by atoms with Crippen LogP contribution in [-0.2, 0) is 4.79 Å². The first kappa shape index (κ1) is 14.8. The van der Waals surface area contributed by atoms with E-state index in [1.165, 1.54) is 32.4 Å². The number of carbonyl (C=O) groups excluding carboxylic acids is 1. The molecule has 1 aromatic carbocycles. The minimum Gasteiger partial charge on any atom is -0.507 e. The molecule has 1 aromatic rings. The second-order valence-corrected chi connectivity index (χ2v) is 4.06. The molecule has 1 amide bonds. The molecule has 0 radical (unpaired) electrons. The van der Waals surface area contributed by atoms with Crippen LogP contribution in [0.2, 0.25) is 0 Å². The summed E-state index contributed by atoms with van der Waals surface area (Å²) in [5, 5.41) is 18.7. The summed E-state index contributed by atoms with van der Waals surface area (Å²) in [6, 6.07) is 3.29. The molecule has 0 aliphatic heterocycles. The summed E-state index contributed by atoms with van der Waals surface area (Å²) in [7, 11) is 2.83. The number of aliphatic carboxylic acids is 1. The van der Waals surface area contributed by atoms with Crippen LogP contribution in [-0.4, -0.2) is 47.2 Å². The van der Waals surface area contributed by atoms with Crippen LogP contribution in [0, 0.1) is 0 Å². The van der Waals surface area contributed by atoms with Crippen LogP contribution in [0.25, 0.3) is 0 Å². The molecule has 0 saturated carbocycles. The predicted octanol–water partition coefficient (Wildman–Crippen LogP) is 1.34. The van der Waals surface area contributed by atoms with E-state index in [-0.39, 0.29) is 17.7 Å². The van der Waals surface area contributed by atoms with Crippen molar-refractivity contribution in [1.29, 1.82) is 0 Å². The highest BCUT2D eigenvalue weighted by molar-refractivity contribution is 5.99. The lowest BCUT2D eigenvalue weighted by molar-refractivity contribution is -0.142. The van der Waals surface area contributed by atoms with Crippen LogP contribution in [0.15, 0.2) is 18.2 Å². The minimum absolute atomic E-state index is 0.0153. The van der Waals surface area contributed by atoms with E-state index >= 15 is 0 Å². The molecule has 6 heteroatoms. The summed E-state index contributed by atoms with van der Waals surface area (Å²) in [5.74, 6) is -1.44. The van der Waals surface area contributed by atoms with Crippen molar-refractivity contribution in [3.63, 3.8) is 0 Å². The first-order valence-corrected chi connectivity index (χ1v) is 5.79. The van der Waals surface area contributed by atoms with Crippen molar-refractivity contribution in [1.82, 2.24) is 4.90 Å². The molecule has 0 spiro atoms. The quantitative estimate of drug-likeness (QED) is 0.840. The molecule has 104 valence electrons. The minimum atomic E-state index is -1.08. The van der Waals surface area contributed by atoms with Crippen molar-refractivity contribution in [2.75, 3.05) is 14.2 Å². The maximum atomic E-state index is 12.2. The molecule has 0 fully saturated rings. The second kappa shape index (κ2) is 6.08. The van der Waals surface area contributed by atoms with E-state index in [2.05, 4.69) is 0 Å². The normalized spacial score (nSPS) is 11.7. The Morgan fingerprint density at radius 3 is 2.53 bits per heavy atom. The van der Waals surface area contributed by atoms with E-state index < -0.39 is 17.9 Å². The number of methoxy groups -OCH3 is 1. The molecule has 0 aliphatic rings. The van der Waals surface area contributed by atoms with Crippen LogP contribution in [0.4, 0.5) is 0 Å². The number of carboxylic acids is 1. The van der Waals surface area contributed by atoms with Crippen molar-refractivity contribution >= 4 is 11.9 Å². The van der Waals surface area contributed by atoms with Gasteiger partial charge in [-0.05, 0) is 24.6 Å². The standard InChI is InChI=1S/C13H17NO5/c1-4-10(13(17)18)14(2)12(16)9-7-8(19-3)5-6-11(9)15/h5-7,10,15H,4H2,1-3H3,(H,17,18). The van der Waals surface area contributed by atoms with Crippen molar-refractivity contribution in [2.45, 2.75) is 19.4 Å². The van der Waals surface area contributed by atoms with Gasteiger partial charge in [-0.1, -0.05) is 6.92 Å². The third-order valence-electron chi connectivity index (χ3n) is 2.89. The maximum absolute atomic E-state index is 12.2. The molecular formula is C13H17NO5. The van der Waals surface area contributed by atoms with E-state index in [1.54, 1.807) is 6.92 Å². The van der Waals surface area contributed by atoms with Gasteiger partial charge in [0.1, 0.15) is 17.5 Å². The van der Waals surface area contributed by atoms with Crippen LogP contribution >= 0.6 is 0 Å². The number of ether oxygens (including phenoxy) is 1. The largest absolute Gasteiger partial charge is 0.507 e. The van der Waals surface area contributed by atoms with Gasteiger partial charge < -0.3 is 19.8 Å². The van der Waals surface area contributed by atoms with Crippen LogP contribution < -0.4 is 4.74 Å². The number of aromatic hydroxyl groups is 1. The van der Waals surface area contributed by atoms with Crippen LogP contribution in [0.5, 0.6) is 11.5 Å². The van der Waals surface area contributed by atoms with Crippen molar-refractivity contribution < 1.29 is 24.5 Å². The number of rotatable bonds is 5. The number of carbonyl (C=O) groups is 2. The fourth-order valence-corrected chi connectivity index (χ4v) is 1.76. The zero-order valence-corrected chi connectivity index (χ0v) is 11.1. The summed E-state index contributed by atoms with van der Waals surface area (Å²) in [5.41, 5.74) is 0.0153. The van der Waals surface area contributed by atoms with Gasteiger partial charge in [0, 0.05) is 7.05 Å². The topological polar surface area (TPSA) is 87.1 Å². The van der Waals surface area contributed by atoms with Gasteiger partial charge in [0.15, 0.2) is 0 Å². The molecule has 0 heterocycles. The fraction of sp³-hybridized carbons (Fsp3) is 0.385. The van der Waals surface area contributed by atoms with Crippen LogP contribution in [0.1, 0.15) is 23.7 Å². The zero-order valence-electron chi connectivity index (χ0n) is 11.1. The molecule has 1 atom stereocenters. The van der Waals surface area contributed by atoms with Gasteiger partial charge in [-0.2, -0.15) is 0 Å². The van der Waals surface area contributed by atoms with Crippen molar-refractivity contribution in [2.24, 2.45) is 0 Å². The monoisotopic (exact) mass is 267 g/mol. The first-order chi connectivity index (χ1) is 8.92. The molecule has 6 nitrogen and oxygen atoms in total. The molecule has 2 N–H and O–H groups in total. The SMILES string of the molecule is CCC(C(=O)O)N(C)C(=O)c1cc(OC)ccc1O. The molecule has 0 aliphatic carbocycles. The summed E-state index contributed by atoms with van der Waals surface area (Å²) < 4.78 is 4.98. The Labute approximate surface area is 111 Å². The van der Waals surface area contributed by atoms with Gasteiger partial charge in [0.25, 0.3) is 5.91 Å². The molecule has 0 aromatic heterocycles. The van der Waals surface area contributed by atoms with Gasteiger partial charge in [0.05, 0.1) is 12.7 Å². The lowest BCUT2D eigenvalue weighted by atomic mass is 10.1. The lowest BCUT2D eigenvalue weighted by Gasteiger charge is -2.24. The van der Waals surface area contributed by atoms with Gasteiger partial charge in [-0.25, -0.2) is 4.79 Å².